The second-order valence-electron chi connectivity index (χ2n) is 5.08. The molecular formula is C15H15Cl2N3O2S. The molecule has 2 aromatic rings. The van der Waals surface area contributed by atoms with Crippen molar-refractivity contribution in [3.63, 3.8) is 0 Å². The summed E-state index contributed by atoms with van der Waals surface area (Å²) in [5.74, 6) is 2.66. The molecule has 8 heteroatoms. The second kappa shape index (κ2) is 7.03. The third kappa shape index (κ3) is 3.59. The van der Waals surface area contributed by atoms with Gasteiger partial charge in [0.2, 0.25) is 0 Å². The molecular weight excluding hydrogens is 357 g/mol. The van der Waals surface area contributed by atoms with Crippen LogP contribution >= 0.6 is 23.2 Å². The number of benzene rings is 1. The number of rotatable bonds is 3. The Balaban J connectivity index is 1.89. The van der Waals surface area contributed by atoms with Gasteiger partial charge in [0.05, 0.1) is 23.4 Å². The van der Waals surface area contributed by atoms with Gasteiger partial charge in [-0.25, -0.2) is 0 Å². The standard InChI is InChI=1S/C15H15Cl2N3O2S/c1-22-13-9-10(16)8-11(17)15(13)12-2-3-14(19-18-12)20-4-6-23(21)7-5-20/h2-3,8-9H,4-7H2,1H3. The van der Waals surface area contributed by atoms with E-state index in [-0.39, 0.29) is 0 Å². The molecule has 2 heterocycles. The van der Waals surface area contributed by atoms with Crippen molar-refractivity contribution in [2.75, 3.05) is 36.6 Å². The van der Waals surface area contributed by atoms with Crippen molar-refractivity contribution in [3.05, 3.63) is 34.3 Å². The minimum Gasteiger partial charge on any atom is -0.496 e. The summed E-state index contributed by atoms with van der Waals surface area (Å²) in [6.07, 6.45) is 0. The summed E-state index contributed by atoms with van der Waals surface area (Å²) in [6, 6.07) is 7.08. The van der Waals surface area contributed by atoms with E-state index in [1.54, 1.807) is 19.2 Å². The first-order chi connectivity index (χ1) is 11.1. The molecule has 0 spiro atoms. The van der Waals surface area contributed by atoms with Crippen molar-refractivity contribution in [2.24, 2.45) is 0 Å². The summed E-state index contributed by atoms with van der Waals surface area (Å²) in [7, 11) is 0.842. The Labute approximate surface area is 147 Å². The van der Waals surface area contributed by atoms with Gasteiger partial charge < -0.3 is 9.64 Å². The Morgan fingerprint density at radius 3 is 2.52 bits per heavy atom. The maximum atomic E-state index is 11.4. The highest BCUT2D eigenvalue weighted by Gasteiger charge is 2.18. The maximum absolute atomic E-state index is 11.4. The normalized spacial score (nSPS) is 15.7. The van der Waals surface area contributed by atoms with E-state index in [4.69, 9.17) is 27.9 Å². The molecule has 0 aliphatic carbocycles. The summed E-state index contributed by atoms with van der Waals surface area (Å²) >= 11 is 12.3. The first-order valence-electron chi connectivity index (χ1n) is 7.05. The third-order valence-electron chi connectivity index (χ3n) is 3.65. The molecule has 0 unspecified atom stereocenters. The van der Waals surface area contributed by atoms with E-state index >= 15 is 0 Å². The molecule has 1 aliphatic rings. The Kier molecular flexibility index (Phi) is 5.04. The smallest absolute Gasteiger partial charge is 0.151 e. The molecule has 1 aromatic heterocycles. The van der Waals surface area contributed by atoms with E-state index in [1.165, 1.54) is 0 Å². The number of ether oxygens (including phenoxy) is 1. The lowest BCUT2D eigenvalue weighted by molar-refractivity contribution is 0.416. The van der Waals surface area contributed by atoms with Crippen LogP contribution in [0.5, 0.6) is 5.75 Å². The number of hydrogen-bond acceptors (Lipinski definition) is 5. The monoisotopic (exact) mass is 371 g/mol. The molecule has 5 nitrogen and oxygen atoms in total. The van der Waals surface area contributed by atoms with E-state index in [9.17, 15) is 4.21 Å². The van der Waals surface area contributed by atoms with Crippen molar-refractivity contribution in [3.8, 4) is 17.0 Å². The van der Waals surface area contributed by atoms with Crippen LogP contribution < -0.4 is 9.64 Å². The van der Waals surface area contributed by atoms with Crippen molar-refractivity contribution >= 4 is 39.8 Å². The van der Waals surface area contributed by atoms with Crippen LogP contribution in [-0.2, 0) is 10.8 Å². The molecule has 122 valence electrons. The summed E-state index contributed by atoms with van der Waals surface area (Å²) in [6.45, 7) is 1.46. The Morgan fingerprint density at radius 1 is 1.17 bits per heavy atom. The highest BCUT2D eigenvalue weighted by molar-refractivity contribution is 7.85. The molecule has 0 saturated carbocycles. The predicted octanol–water partition coefficient (Wildman–Crippen LogP) is 3.03. The zero-order valence-corrected chi connectivity index (χ0v) is 14.8. The molecule has 0 atom stereocenters. The van der Waals surface area contributed by atoms with Gasteiger partial charge >= 0.3 is 0 Å². The number of halogens is 2. The molecule has 1 saturated heterocycles. The molecule has 1 aromatic carbocycles. The van der Waals surface area contributed by atoms with Crippen LogP contribution in [0, 0.1) is 0 Å². The number of hydrogen-bond donors (Lipinski definition) is 0. The van der Waals surface area contributed by atoms with Crippen LogP contribution in [-0.4, -0.2) is 46.1 Å². The SMILES string of the molecule is COc1cc(Cl)cc(Cl)c1-c1ccc(N2CCS(=O)CC2)nn1. The van der Waals surface area contributed by atoms with Crippen LogP contribution in [0.15, 0.2) is 24.3 Å². The van der Waals surface area contributed by atoms with Crippen LogP contribution in [0.2, 0.25) is 10.0 Å². The van der Waals surface area contributed by atoms with E-state index in [1.807, 2.05) is 12.1 Å². The van der Waals surface area contributed by atoms with Crippen molar-refractivity contribution in [1.29, 1.82) is 0 Å². The second-order valence-corrected chi connectivity index (χ2v) is 7.62. The van der Waals surface area contributed by atoms with Gasteiger partial charge in [-0.1, -0.05) is 23.2 Å². The van der Waals surface area contributed by atoms with Gasteiger partial charge in [0.15, 0.2) is 5.82 Å². The fourth-order valence-electron chi connectivity index (χ4n) is 2.45. The molecule has 23 heavy (non-hydrogen) atoms. The Morgan fingerprint density at radius 2 is 1.91 bits per heavy atom. The average molecular weight is 372 g/mol. The Bertz CT molecular complexity index is 730. The zero-order valence-electron chi connectivity index (χ0n) is 12.5. The highest BCUT2D eigenvalue weighted by Crippen LogP contribution is 2.38. The molecule has 1 aliphatic heterocycles. The van der Waals surface area contributed by atoms with Gasteiger partial charge in [-0.05, 0) is 24.3 Å². The highest BCUT2D eigenvalue weighted by atomic mass is 35.5. The molecule has 0 N–H and O–H groups in total. The topological polar surface area (TPSA) is 55.3 Å². The number of aromatic nitrogens is 2. The van der Waals surface area contributed by atoms with Crippen molar-refractivity contribution in [1.82, 2.24) is 10.2 Å². The minimum absolute atomic E-state index is 0.463. The van der Waals surface area contributed by atoms with E-state index < -0.39 is 10.8 Å². The molecule has 1 fully saturated rings. The van der Waals surface area contributed by atoms with Gasteiger partial charge in [-0.3, -0.25) is 4.21 Å². The van der Waals surface area contributed by atoms with Crippen LogP contribution in [0.25, 0.3) is 11.3 Å². The fourth-order valence-corrected chi connectivity index (χ4v) is 4.08. The van der Waals surface area contributed by atoms with Crippen LogP contribution in [0.4, 0.5) is 5.82 Å². The number of methoxy groups -OCH3 is 1. The average Bonchev–Trinajstić information content (AvgIpc) is 2.55. The van der Waals surface area contributed by atoms with Gasteiger partial charge in [0, 0.05) is 40.4 Å². The van der Waals surface area contributed by atoms with Gasteiger partial charge in [0.1, 0.15) is 5.75 Å². The van der Waals surface area contributed by atoms with Gasteiger partial charge in [0.25, 0.3) is 0 Å². The molecule has 0 radical (unpaired) electrons. The number of anilines is 1. The zero-order chi connectivity index (χ0) is 16.4. The lowest BCUT2D eigenvalue weighted by Crippen LogP contribution is -2.38. The molecule has 0 amide bonds. The summed E-state index contributed by atoms with van der Waals surface area (Å²) in [5, 5.41) is 9.50. The van der Waals surface area contributed by atoms with Crippen LogP contribution in [0.3, 0.4) is 0 Å². The van der Waals surface area contributed by atoms with Gasteiger partial charge in [-0.2, -0.15) is 0 Å². The van der Waals surface area contributed by atoms with E-state index in [0.717, 1.165) is 18.9 Å². The summed E-state index contributed by atoms with van der Waals surface area (Å²) in [5.41, 5.74) is 1.28. The van der Waals surface area contributed by atoms with E-state index in [2.05, 4.69) is 15.1 Å². The maximum Gasteiger partial charge on any atom is 0.151 e. The lowest BCUT2D eigenvalue weighted by atomic mass is 10.1. The fraction of sp³-hybridized carbons (Fsp3) is 0.333. The third-order valence-corrected chi connectivity index (χ3v) is 5.44. The predicted molar refractivity (Wildman–Crippen MR) is 94.1 cm³/mol. The quantitative estimate of drug-likeness (QED) is 0.829. The largest absolute Gasteiger partial charge is 0.496 e. The van der Waals surface area contributed by atoms with E-state index in [0.29, 0.717) is 38.6 Å². The number of nitrogens with zero attached hydrogens (tertiary/aromatic N) is 3. The van der Waals surface area contributed by atoms with Crippen molar-refractivity contribution < 1.29 is 8.95 Å². The lowest BCUT2D eigenvalue weighted by Gasteiger charge is -2.26. The van der Waals surface area contributed by atoms with Crippen LogP contribution in [0.1, 0.15) is 0 Å². The molecule has 0 bridgehead atoms. The first kappa shape index (κ1) is 16.5. The minimum atomic E-state index is -0.715. The first-order valence-corrected chi connectivity index (χ1v) is 9.30. The summed E-state index contributed by atoms with van der Waals surface area (Å²) in [4.78, 5) is 2.08. The molecule has 3 rings (SSSR count). The summed E-state index contributed by atoms with van der Waals surface area (Å²) < 4.78 is 16.8. The Hall–Kier alpha value is -1.37. The van der Waals surface area contributed by atoms with Crippen molar-refractivity contribution in [2.45, 2.75) is 0 Å². The van der Waals surface area contributed by atoms with Gasteiger partial charge in [-0.15, -0.1) is 10.2 Å².